The average Bonchev–Trinajstić information content (AvgIpc) is 2.73. The highest BCUT2D eigenvalue weighted by atomic mass is 19.2. The van der Waals surface area contributed by atoms with Crippen molar-refractivity contribution in [3.63, 3.8) is 0 Å². The van der Waals surface area contributed by atoms with Crippen LogP contribution in [-0.4, -0.2) is 46.0 Å². The minimum absolute atomic E-state index is 0.0346. The van der Waals surface area contributed by atoms with Crippen LogP contribution in [0.4, 0.5) is 18.0 Å². The molecule has 5 nitrogen and oxygen atoms in total. The molecule has 8 heteroatoms. The topological polar surface area (TPSA) is 60.9 Å². The Kier molecular flexibility index (Phi) is 7.20. The number of unbranched alkanes of at least 4 members (excludes halogenated alkanes) is 1. The fourth-order valence-corrected chi connectivity index (χ4v) is 4.05. The van der Waals surface area contributed by atoms with Crippen molar-refractivity contribution < 1.29 is 27.9 Å². The summed E-state index contributed by atoms with van der Waals surface area (Å²) in [4.78, 5) is 27.6. The van der Waals surface area contributed by atoms with E-state index in [1.54, 1.807) is 0 Å². The molecule has 2 unspecified atom stereocenters. The molecule has 166 valence electrons. The Labute approximate surface area is 179 Å². The molecule has 31 heavy (non-hydrogen) atoms. The molecule has 0 saturated carbocycles. The van der Waals surface area contributed by atoms with Gasteiger partial charge in [-0.15, -0.1) is 0 Å². The Morgan fingerprint density at radius 2 is 1.81 bits per heavy atom. The van der Waals surface area contributed by atoms with Crippen LogP contribution in [0, 0.1) is 17.5 Å². The monoisotopic (exact) mass is 434 g/mol. The van der Waals surface area contributed by atoms with Gasteiger partial charge in [0, 0.05) is 38.0 Å². The van der Waals surface area contributed by atoms with E-state index in [1.807, 2.05) is 37.3 Å². The van der Waals surface area contributed by atoms with E-state index in [0.29, 0.717) is 12.5 Å². The number of halogens is 3. The van der Waals surface area contributed by atoms with Gasteiger partial charge in [-0.2, -0.15) is 0 Å². The highest BCUT2D eigenvalue weighted by molar-refractivity contribution is 5.79. The molecule has 0 spiro atoms. The predicted octanol–water partition coefficient (Wildman–Crippen LogP) is 4.77. The Morgan fingerprint density at radius 1 is 1.13 bits per heavy atom. The van der Waals surface area contributed by atoms with Crippen molar-refractivity contribution in [2.24, 2.45) is 0 Å². The molecular formula is C23H25F3N2O3. The zero-order valence-electron chi connectivity index (χ0n) is 17.2. The molecule has 0 bridgehead atoms. The van der Waals surface area contributed by atoms with Gasteiger partial charge in [0.25, 0.3) is 0 Å². The molecule has 2 aromatic carbocycles. The number of rotatable bonds is 7. The van der Waals surface area contributed by atoms with E-state index in [2.05, 4.69) is 0 Å². The first kappa shape index (κ1) is 22.7. The molecule has 0 radical (unpaired) electrons. The third-order valence-electron chi connectivity index (χ3n) is 5.67. The molecular weight excluding hydrogens is 409 g/mol. The van der Waals surface area contributed by atoms with Crippen LogP contribution >= 0.6 is 0 Å². The number of hydrogen-bond donors (Lipinski definition) is 1. The van der Waals surface area contributed by atoms with E-state index >= 15 is 0 Å². The third-order valence-corrected chi connectivity index (χ3v) is 5.67. The second-order valence-corrected chi connectivity index (χ2v) is 7.76. The summed E-state index contributed by atoms with van der Waals surface area (Å²) in [6.07, 6.45) is -0.0639. The van der Waals surface area contributed by atoms with E-state index < -0.39 is 35.5 Å². The molecule has 2 atom stereocenters. The van der Waals surface area contributed by atoms with Gasteiger partial charge in [0.05, 0.1) is 6.04 Å². The Morgan fingerprint density at radius 3 is 2.45 bits per heavy atom. The van der Waals surface area contributed by atoms with Gasteiger partial charge in [0.1, 0.15) is 5.82 Å². The predicted molar refractivity (Wildman–Crippen MR) is 109 cm³/mol. The van der Waals surface area contributed by atoms with E-state index in [9.17, 15) is 27.9 Å². The number of piperidine rings is 1. The van der Waals surface area contributed by atoms with Gasteiger partial charge < -0.3 is 14.9 Å². The van der Waals surface area contributed by atoms with Crippen LogP contribution in [-0.2, 0) is 11.3 Å². The first-order valence-electron chi connectivity index (χ1n) is 10.3. The van der Waals surface area contributed by atoms with Gasteiger partial charge in [-0.25, -0.2) is 18.0 Å². The molecule has 3 rings (SSSR count). The molecule has 0 aromatic heterocycles. The van der Waals surface area contributed by atoms with Crippen molar-refractivity contribution in [2.75, 3.05) is 13.1 Å². The maximum atomic E-state index is 14.6. The Balaban J connectivity index is 1.97. The quantitative estimate of drug-likeness (QED) is 0.639. The van der Waals surface area contributed by atoms with Crippen molar-refractivity contribution in [2.45, 2.75) is 44.7 Å². The molecule has 2 amide bonds. The van der Waals surface area contributed by atoms with E-state index in [0.717, 1.165) is 18.1 Å². The second-order valence-electron chi connectivity index (χ2n) is 7.76. The van der Waals surface area contributed by atoms with Crippen molar-refractivity contribution in [3.8, 4) is 0 Å². The number of carbonyl (C=O) groups excluding carboxylic acids is 1. The van der Waals surface area contributed by atoms with Gasteiger partial charge in [-0.05, 0) is 23.6 Å². The van der Waals surface area contributed by atoms with Crippen molar-refractivity contribution >= 4 is 12.0 Å². The van der Waals surface area contributed by atoms with Gasteiger partial charge in [-0.3, -0.25) is 4.79 Å². The zero-order chi connectivity index (χ0) is 22.5. The van der Waals surface area contributed by atoms with Crippen LogP contribution < -0.4 is 0 Å². The maximum absolute atomic E-state index is 14.6. The van der Waals surface area contributed by atoms with Crippen LogP contribution in [0.2, 0.25) is 0 Å². The van der Waals surface area contributed by atoms with Crippen LogP contribution in [0.1, 0.15) is 43.2 Å². The lowest BCUT2D eigenvalue weighted by atomic mass is 9.83. The summed E-state index contributed by atoms with van der Waals surface area (Å²) in [5.41, 5.74) is 0.696. The van der Waals surface area contributed by atoms with Crippen LogP contribution in [0.15, 0.2) is 42.5 Å². The highest BCUT2D eigenvalue weighted by Crippen LogP contribution is 2.35. The first-order valence-corrected chi connectivity index (χ1v) is 10.3. The van der Waals surface area contributed by atoms with E-state index in [1.165, 1.54) is 9.80 Å². The lowest BCUT2D eigenvalue weighted by Gasteiger charge is -2.43. The second kappa shape index (κ2) is 9.85. The van der Waals surface area contributed by atoms with Gasteiger partial charge in [0.15, 0.2) is 11.6 Å². The lowest BCUT2D eigenvalue weighted by molar-refractivity contribution is -0.136. The summed E-state index contributed by atoms with van der Waals surface area (Å²) in [7, 11) is 0. The number of carboxylic acid groups (broad SMARTS) is 1. The number of hydrogen-bond acceptors (Lipinski definition) is 2. The van der Waals surface area contributed by atoms with Gasteiger partial charge in [-0.1, -0.05) is 43.7 Å². The van der Waals surface area contributed by atoms with Crippen LogP contribution in [0.3, 0.4) is 0 Å². The summed E-state index contributed by atoms with van der Waals surface area (Å²) >= 11 is 0. The average molecular weight is 434 g/mol. The molecule has 1 aliphatic heterocycles. The minimum atomic E-state index is -1.33. The smallest absolute Gasteiger partial charge is 0.407 e. The fourth-order valence-electron chi connectivity index (χ4n) is 4.05. The van der Waals surface area contributed by atoms with E-state index in [-0.39, 0.29) is 37.5 Å². The lowest BCUT2D eigenvalue weighted by Crippen LogP contribution is -2.55. The molecule has 1 N–H and O–H groups in total. The SMILES string of the molecule is CCCCN(C(=O)O)C1CN(Cc2ccccc2)C(=O)CC1c1cc(F)c(F)cc1F. The largest absolute Gasteiger partial charge is 0.465 e. The summed E-state index contributed by atoms with van der Waals surface area (Å²) in [6.45, 7) is 2.43. The van der Waals surface area contributed by atoms with Gasteiger partial charge >= 0.3 is 6.09 Å². The summed E-state index contributed by atoms with van der Waals surface area (Å²) < 4.78 is 41.9. The summed E-state index contributed by atoms with van der Waals surface area (Å²) in [5.74, 6) is -4.76. The van der Waals surface area contributed by atoms with Gasteiger partial charge in [0.2, 0.25) is 5.91 Å². The molecule has 1 aliphatic rings. The Bertz CT molecular complexity index is 939. The van der Waals surface area contributed by atoms with Crippen molar-refractivity contribution in [3.05, 3.63) is 71.0 Å². The van der Waals surface area contributed by atoms with Crippen LogP contribution in [0.25, 0.3) is 0 Å². The minimum Gasteiger partial charge on any atom is -0.465 e. The molecule has 1 fully saturated rings. The molecule has 1 heterocycles. The molecule has 2 aromatic rings. The third kappa shape index (κ3) is 5.18. The molecule has 1 saturated heterocycles. The number of amides is 2. The summed E-state index contributed by atoms with van der Waals surface area (Å²) in [5, 5.41) is 9.82. The number of benzene rings is 2. The number of likely N-dealkylation sites (tertiary alicyclic amines) is 1. The number of nitrogens with zero attached hydrogens (tertiary/aromatic N) is 2. The highest BCUT2D eigenvalue weighted by Gasteiger charge is 2.41. The molecule has 0 aliphatic carbocycles. The first-order chi connectivity index (χ1) is 14.8. The Hall–Kier alpha value is -3.03. The maximum Gasteiger partial charge on any atom is 0.407 e. The standard InChI is InChI=1S/C23H25F3N2O3/c1-2-3-9-28(23(30)31)21-14-27(13-15-7-5-4-6-8-15)22(29)11-17(21)16-10-19(25)20(26)12-18(16)24/h4-8,10,12,17,21H,2-3,9,11,13-14H2,1H3,(H,30,31). The van der Waals surface area contributed by atoms with Crippen LogP contribution in [0.5, 0.6) is 0 Å². The van der Waals surface area contributed by atoms with E-state index in [4.69, 9.17) is 0 Å². The fraction of sp³-hybridized carbons (Fsp3) is 0.391. The number of carbonyl (C=O) groups is 2. The van der Waals surface area contributed by atoms with Crippen molar-refractivity contribution in [1.82, 2.24) is 9.80 Å². The summed E-state index contributed by atoms with van der Waals surface area (Å²) in [6, 6.07) is 9.64. The van der Waals surface area contributed by atoms with Crippen molar-refractivity contribution in [1.29, 1.82) is 0 Å². The normalized spacial score (nSPS) is 18.8. The zero-order valence-corrected chi connectivity index (χ0v) is 17.2.